The number of aliphatic imine (C=N–C) groups is 1. The molecule has 1 atom stereocenters. The van der Waals surface area contributed by atoms with Gasteiger partial charge in [-0.05, 0) is 30.0 Å². The van der Waals surface area contributed by atoms with E-state index < -0.39 is 12.0 Å². The maximum atomic E-state index is 13.4. The van der Waals surface area contributed by atoms with Gasteiger partial charge < -0.3 is 29.2 Å². The van der Waals surface area contributed by atoms with Crippen LogP contribution in [0.4, 0.5) is 0 Å². The molecule has 0 aromatic heterocycles. The summed E-state index contributed by atoms with van der Waals surface area (Å²) < 4.78 is 21.7. The van der Waals surface area contributed by atoms with E-state index in [1.54, 1.807) is 34.3 Å². The van der Waals surface area contributed by atoms with Crippen LogP contribution in [0.25, 0.3) is 0 Å². The Morgan fingerprint density at radius 1 is 1.05 bits per heavy atom. The number of benzene rings is 2. The highest BCUT2D eigenvalue weighted by atomic mass is 32.2. The fourth-order valence-corrected chi connectivity index (χ4v) is 5.25. The molecule has 10 heteroatoms. The number of hydrogen-bond acceptors (Lipinski definition) is 9. The van der Waals surface area contributed by atoms with Crippen molar-refractivity contribution in [2.45, 2.75) is 25.9 Å². The van der Waals surface area contributed by atoms with Gasteiger partial charge in [0.25, 0.3) is 0 Å². The molecule has 2 aliphatic heterocycles. The van der Waals surface area contributed by atoms with Gasteiger partial charge in [-0.15, -0.1) is 0 Å². The van der Waals surface area contributed by atoms with Crippen molar-refractivity contribution in [2.24, 2.45) is 4.99 Å². The quantitative estimate of drug-likeness (QED) is 0.337. The first kappa shape index (κ1) is 27.3. The van der Waals surface area contributed by atoms with Crippen LogP contribution in [0, 0.1) is 0 Å². The Morgan fingerprint density at radius 3 is 2.55 bits per heavy atom. The van der Waals surface area contributed by atoms with E-state index in [2.05, 4.69) is 5.32 Å². The van der Waals surface area contributed by atoms with Crippen LogP contribution in [0.1, 0.15) is 30.5 Å². The number of methoxy groups -OCH3 is 3. The van der Waals surface area contributed by atoms with Gasteiger partial charge in [-0.3, -0.25) is 4.79 Å². The molecule has 2 aromatic carbocycles. The second kappa shape index (κ2) is 12.7. The topological polar surface area (TPSA) is 98.7 Å². The van der Waals surface area contributed by atoms with Crippen molar-refractivity contribution < 1.29 is 28.5 Å². The van der Waals surface area contributed by atoms with Crippen LogP contribution < -0.4 is 14.8 Å². The number of nitrogens with zero attached hydrogens (tertiary/aromatic N) is 2. The summed E-state index contributed by atoms with van der Waals surface area (Å²) >= 11 is 1.41. The fraction of sp³-hybridized carbons (Fsp3) is 0.321. The van der Waals surface area contributed by atoms with E-state index in [0.29, 0.717) is 34.5 Å². The molecule has 9 nitrogen and oxygen atoms in total. The van der Waals surface area contributed by atoms with Crippen LogP contribution in [0.2, 0.25) is 0 Å². The highest BCUT2D eigenvalue weighted by Gasteiger charge is 2.42. The van der Waals surface area contributed by atoms with E-state index in [0.717, 1.165) is 16.8 Å². The molecule has 0 bridgehead atoms. The molecule has 0 saturated heterocycles. The summed E-state index contributed by atoms with van der Waals surface area (Å²) in [6.07, 6.45) is 0.110. The van der Waals surface area contributed by atoms with Gasteiger partial charge in [0.05, 0.1) is 44.6 Å². The highest BCUT2D eigenvalue weighted by molar-refractivity contribution is 8.16. The van der Waals surface area contributed by atoms with Crippen LogP contribution in [0.5, 0.6) is 11.5 Å². The molecule has 0 spiro atoms. The van der Waals surface area contributed by atoms with Gasteiger partial charge in [0, 0.05) is 31.0 Å². The lowest BCUT2D eigenvalue weighted by atomic mass is 9.93. The number of amidine groups is 1. The van der Waals surface area contributed by atoms with Crippen molar-refractivity contribution in [1.29, 1.82) is 0 Å². The predicted molar refractivity (Wildman–Crippen MR) is 146 cm³/mol. The molecule has 2 aliphatic rings. The van der Waals surface area contributed by atoms with Crippen molar-refractivity contribution >= 4 is 28.8 Å². The zero-order valence-corrected chi connectivity index (χ0v) is 22.7. The molecule has 1 amide bonds. The number of thioether (sulfide) groups is 1. The lowest BCUT2D eigenvalue weighted by Crippen LogP contribution is -2.38. The average molecular weight is 538 g/mol. The molecule has 38 heavy (non-hydrogen) atoms. The summed E-state index contributed by atoms with van der Waals surface area (Å²) in [4.78, 5) is 32.9. The van der Waals surface area contributed by atoms with E-state index in [4.69, 9.17) is 23.9 Å². The summed E-state index contributed by atoms with van der Waals surface area (Å²) in [6.45, 7) is 2.59. The van der Waals surface area contributed by atoms with Crippen molar-refractivity contribution in [1.82, 2.24) is 10.2 Å². The zero-order valence-electron chi connectivity index (χ0n) is 21.9. The molecule has 0 aliphatic carbocycles. The summed E-state index contributed by atoms with van der Waals surface area (Å²) in [6, 6.07) is 14.5. The van der Waals surface area contributed by atoms with E-state index in [9.17, 15) is 9.59 Å². The van der Waals surface area contributed by atoms with Crippen molar-refractivity contribution in [3.05, 3.63) is 82.0 Å². The van der Waals surface area contributed by atoms with Crippen LogP contribution in [-0.4, -0.2) is 56.5 Å². The number of nitrogens with one attached hydrogen (secondary N) is 1. The Kier molecular flexibility index (Phi) is 9.09. The van der Waals surface area contributed by atoms with Crippen LogP contribution in [-0.2, 0) is 25.6 Å². The predicted octanol–water partition coefficient (Wildman–Crippen LogP) is 4.17. The molecule has 2 aromatic rings. The lowest BCUT2D eigenvalue weighted by Gasteiger charge is -2.36. The van der Waals surface area contributed by atoms with Crippen molar-refractivity contribution in [3.63, 3.8) is 0 Å². The summed E-state index contributed by atoms with van der Waals surface area (Å²) in [5, 5.41) is 5.55. The van der Waals surface area contributed by atoms with E-state index in [-0.39, 0.29) is 25.5 Å². The second-order valence-electron chi connectivity index (χ2n) is 8.57. The number of ether oxygens (including phenoxy) is 4. The minimum Gasteiger partial charge on any atom is -0.497 e. The highest BCUT2D eigenvalue weighted by Crippen LogP contribution is 2.47. The third-order valence-electron chi connectivity index (χ3n) is 6.15. The number of carbonyl (C=O) groups is 2. The molecule has 0 saturated carbocycles. The second-order valence-corrected chi connectivity index (χ2v) is 9.41. The van der Waals surface area contributed by atoms with Gasteiger partial charge >= 0.3 is 5.97 Å². The Balaban J connectivity index is 1.66. The molecular weight excluding hydrogens is 506 g/mol. The molecule has 1 N–H and O–H groups in total. The number of esters is 1. The minimum atomic E-state index is -0.624. The molecule has 0 fully saturated rings. The van der Waals surface area contributed by atoms with Crippen LogP contribution in [0.15, 0.2) is 75.9 Å². The van der Waals surface area contributed by atoms with Gasteiger partial charge in [0.2, 0.25) is 5.91 Å². The number of fused-ring (bicyclic) bond motifs is 1. The average Bonchev–Trinajstić information content (AvgIpc) is 3.33. The zero-order chi connectivity index (χ0) is 27.1. The van der Waals surface area contributed by atoms with Gasteiger partial charge in [0.15, 0.2) is 5.17 Å². The Morgan fingerprint density at radius 2 is 1.84 bits per heavy atom. The number of allylic oxidation sites excluding steroid dienone is 1. The smallest absolute Gasteiger partial charge is 0.338 e. The SMILES string of the molecule is COCCOC(=O)C1=C(C)N=C2SC=C(CC(=O)NCc3ccccc3)N2C1c1ccc(OC)cc1OC. The largest absolute Gasteiger partial charge is 0.497 e. The monoisotopic (exact) mass is 537 g/mol. The summed E-state index contributed by atoms with van der Waals surface area (Å²) in [7, 11) is 4.69. The van der Waals surface area contributed by atoms with Gasteiger partial charge in [-0.2, -0.15) is 0 Å². The number of amides is 1. The Hall–Kier alpha value is -3.76. The first-order valence-corrected chi connectivity index (χ1v) is 13.0. The molecule has 200 valence electrons. The number of rotatable bonds is 11. The third kappa shape index (κ3) is 6.03. The molecule has 0 radical (unpaired) electrons. The normalized spacial score (nSPS) is 16.4. The molecular formula is C28H31N3O6S. The number of carbonyl (C=O) groups excluding carboxylic acids is 2. The molecule has 1 unspecified atom stereocenters. The molecule has 2 heterocycles. The van der Waals surface area contributed by atoms with Gasteiger partial charge in [-0.25, -0.2) is 9.79 Å². The Labute approximate surface area is 226 Å². The van der Waals surface area contributed by atoms with E-state index >= 15 is 0 Å². The minimum absolute atomic E-state index is 0.106. The summed E-state index contributed by atoms with van der Waals surface area (Å²) in [5.41, 5.74) is 3.36. The Bertz CT molecular complexity index is 1270. The van der Waals surface area contributed by atoms with Gasteiger partial charge in [-0.1, -0.05) is 42.1 Å². The van der Waals surface area contributed by atoms with Crippen LogP contribution in [0.3, 0.4) is 0 Å². The van der Waals surface area contributed by atoms with Gasteiger partial charge in [0.1, 0.15) is 18.1 Å². The van der Waals surface area contributed by atoms with Crippen molar-refractivity contribution in [3.8, 4) is 11.5 Å². The van der Waals surface area contributed by atoms with E-state index in [1.807, 2.05) is 52.8 Å². The lowest BCUT2D eigenvalue weighted by molar-refractivity contribution is -0.141. The van der Waals surface area contributed by atoms with Crippen molar-refractivity contribution in [2.75, 3.05) is 34.5 Å². The third-order valence-corrected chi connectivity index (χ3v) is 7.04. The van der Waals surface area contributed by atoms with E-state index in [1.165, 1.54) is 11.8 Å². The standard InChI is InChI=1S/C28H31N3O6S/c1-18-25(27(33)37-13-12-34-2)26(22-11-10-21(35-3)15-23(22)36-4)31-20(17-38-28(31)30-18)14-24(32)29-16-19-8-6-5-7-9-19/h5-11,15,17,26H,12-14,16H2,1-4H3,(H,29,32). The molecule has 4 rings (SSSR count). The first-order chi connectivity index (χ1) is 18.5. The fourth-order valence-electron chi connectivity index (χ4n) is 4.29. The van der Waals surface area contributed by atoms with Crippen LogP contribution >= 0.6 is 11.8 Å². The maximum Gasteiger partial charge on any atom is 0.338 e. The maximum absolute atomic E-state index is 13.4. The number of hydrogen-bond donors (Lipinski definition) is 1. The first-order valence-electron chi connectivity index (χ1n) is 12.1. The summed E-state index contributed by atoms with van der Waals surface area (Å²) in [5.74, 6) is 0.510.